The smallest absolute Gasteiger partial charge is 0.257 e. The molecule has 5 heteroatoms. The van der Waals surface area contributed by atoms with Gasteiger partial charge in [0.2, 0.25) is 0 Å². The van der Waals surface area contributed by atoms with E-state index in [2.05, 4.69) is 36.4 Å². The van der Waals surface area contributed by atoms with Crippen molar-refractivity contribution >= 4 is 17.5 Å². The first-order valence-electron chi connectivity index (χ1n) is 9.26. The minimum Gasteiger partial charge on any atom is -0.352 e. The molecule has 1 heterocycles. The molecule has 0 saturated carbocycles. The molecule has 2 N–H and O–H groups in total. The van der Waals surface area contributed by atoms with E-state index in [1.165, 1.54) is 12.4 Å². The van der Waals surface area contributed by atoms with Crippen molar-refractivity contribution in [3.05, 3.63) is 58.9 Å². The van der Waals surface area contributed by atoms with E-state index in [1.807, 2.05) is 18.2 Å². The summed E-state index contributed by atoms with van der Waals surface area (Å²) >= 11 is 0. The molecular weight excluding hydrogens is 326 g/mol. The van der Waals surface area contributed by atoms with Crippen molar-refractivity contribution in [1.29, 1.82) is 0 Å². The molecule has 5 nitrogen and oxygen atoms in total. The second kappa shape index (κ2) is 9.70. The Bertz CT molecular complexity index is 749. The summed E-state index contributed by atoms with van der Waals surface area (Å²) in [6.45, 7) is 6.81. The van der Waals surface area contributed by atoms with E-state index < -0.39 is 0 Å². The lowest BCUT2D eigenvalue weighted by Crippen LogP contribution is -2.25. The molecule has 0 unspecified atom stereocenters. The maximum absolute atomic E-state index is 12.7. The van der Waals surface area contributed by atoms with E-state index in [0.29, 0.717) is 17.7 Å². The van der Waals surface area contributed by atoms with Crippen molar-refractivity contribution in [3.8, 4) is 0 Å². The molecule has 2 amide bonds. The number of benzene rings is 1. The maximum atomic E-state index is 12.7. The number of carbonyl (C=O) groups excluding carboxylic acids is 2. The van der Waals surface area contributed by atoms with Gasteiger partial charge in [0.1, 0.15) is 0 Å². The van der Waals surface area contributed by atoms with Crippen LogP contribution >= 0.6 is 0 Å². The van der Waals surface area contributed by atoms with Crippen LogP contribution < -0.4 is 10.6 Å². The summed E-state index contributed by atoms with van der Waals surface area (Å²) in [6, 6.07) is 7.63. The Labute approximate surface area is 155 Å². The molecule has 0 radical (unpaired) electrons. The largest absolute Gasteiger partial charge is 0.352 e. The van der Waals surface area contributed by atoms with Gasteiger partial charge in [-0.05, 0) is 36.5 Å². The van der Waals surface area contributed by atoms with Gasteiger partial charge in [0.15, 0.2) is 0 Å². The normalized spacial score (nSPS) is 10.4. The summed E-state index contributed by atoms with van der Waals surface area (Å²) in [4.78, 5) is 28.9. The first-order chi connectivity index (χ1) is 12.6. The van der Waals surface area contributed by atoms with Crippen molar-refractivity contribution in [2.24, 2.45) is 0 Å². The topological polar surface area (TPSA) is 71.1 Å². The molecule has 0 spiro atoms. The molecule has 2 aromatic rings. The number of hydrogen-bond donors (Lipinski definition) is 2. The maximum Gasteiger partial charge on any atom is 0.257 e. The number of hydrogen-bond acceptors (Lipinski definition) is 3. The predicted molar refractivity (Wildman–Crippen MR) is 105 cm³/mol. The average Bonchev–Trinajstić information content (AvgIpc) is 2.68. The Hall–Kier alpha value is -2.69. The van der Waals surface area contributed by atoms with Gasteiger partial charge in [-0.2, -0.15) is 0 Å². The molecule has 0 atom stereocenters. The summed E-state index contributed by atoms with van der Waals surface area (Å²) in [5.41, 5.74) is 3.83. The van der Waals surface area contributed by atoms with E-state index in [9.17, 15) is 9.59 Å². The fraction of sp³-hybridized carbons (Fsp3) is 0.381. The molecule has 0 fully saturated rings. The van der Waals surface area contributed by atoms with Crippen molar-refractivity contribution in [2.75, 3.05) is 11.9 Å². The predicted octanol–water partition coefficient (Wildman–Crippen LogP) is 3.99. The van der Waals surface area contributed by atoms with E-state index in [-0.39, 0.29) is 11.8 Å². The summed E-state index contributed by atoms with van der Waals surface area (Å²) in [6.07, 6.45) is 6.57. The fourth-order valence-corrected chi connectivity index (χ4v) is 2.76. The SMILES string of the molecule is CCCCNC(=O)c1cncc(C(=O)Nc2c(CC)cccc2CC)c1. The summed E-state index contributed by atoms with van der Waals surface area (Å²) < 4.78 is 0. The number of amides is 2. The number of rotatable bonds is 8. The van der Waals surface area contributed by atoms with Crippen LogP contribution in [0.3, 0.4) is 0 Å². The molecule has 1 aromatic heterocycles. The third-order valence-corrected chi connectivity index (χ3v) is 4.32. The van der Waals surface area contributed by atoms with Gasteiger partial charge in [0.25, 0.3) is 11.8 Å². The fourth-order valence-electron chi connectivity index (χ4n) is 2.76. The lowest BCUT2D eigenvalue weighted by molar-refractivity contribution is 0.0953. The van der Waals surface area contributed by atoms with Gasteiger partial charge in [-0.25, -0.2) is 0 Å². The van der Waals surface area contributed by atoms with Gasteiger partial charge >= 0.3 is 0 Å². The molecule has 0 aliphatic rings. The van der Waals surface area contributed by atoms with E-state index in [4.69, 9.17) is 0 Å². The van der Waals surface area contributed by atoms with Gasteiger partial charge in [0.05, 0.1) is 11.1 Å². The number of aromatic nitrogens is 1. The second-order valence-corrected chi connectivity index (χ2v) is 6.18. The Balaban J connectivity index is 2.18. The summed E-state index contributed by atoms with van der Waals surface area (Å²) in [7, 11) is 0. The highest BCUT2D eigenvalue weighted by Crippen LogP contribution is 2.23. The van der Waals surface area contributed by atoms with Crippen LogP contribution in [0.4, 0.5) is 5.69 Å². The molecule has 0 bridgehead atoms. The summed E-state index contributed by atoms with van der Waals surface area (Å²) in [5, 5.41) is 5.85. The first kappa shape index (κ1) is 19.6. The van der Waals surface area contributed by atoms with Crippen molar-refractivity contribution in [1.82, 2.24) is 10.3 Å². The molecule has 1 aromatic carbocycles. The van der Waals surface area contributed by atoms with E-state index >= 15 is 0 Å². The minimum absolute atomic E-state index is 0.205. The molecule has 0 aliphatic heterocycles. The third kappa shape index (κ3) is 4.91. The molecular formula is C21H27N3O2. The first-order valence-corrected chi connectivity index (χ1v) is 9.26. The van der Waals surface area contributed by atoms with Crippen LogP contribution in [0.2, 0.25) is 0 Å². The Morgan fingerprint density at radius 3 is 2.15 bits per heavy atom. The quantitative estimate of drug-likeness (QED) is 0.705. The van der Waals surface area contributed by atoms with Crippen LogP contribution in [0.15, 0.2) is 36.7 Å². The summed E-state index contributed by atoms with van der Waals surface area (Å²) in [5.74, 6) is -0.458. The number of para-hydroxylation sites is 1. The van der Waals surface area contributed by atoms with Gasteiger partial charge in [-0.15, -0.1) is 0 Å². The van der Waals surface area contributed by atoms with Crippen LogP contribution in [0, 0.1) is 0 Å². The Morgan fingerprint density at radius 1 is 0.962 bits per heavy atom. The number of aryl methyl sites for hydroxylation is 2. The molecule has 0 aliphatic carbocycles. The van der Waals surface area contributed by atoms with Gasteiger partial charge in [-0.1, -0.05) is 45.4 Å². The zero-order valence-corrected chi connectivity index (χ0v) is 15.8. The van der Waals surface area contributed by atoms with Crippen molar-refractivity contribution < 1.29 is 9.59 Å². The van der Waals surface area contributed by atoms with Crippen LogP contribution in [-0.4, -0.2) is 23.3 Å². The Kier molecular flexibility index (Phi) is 7.33. The Morgan fingerprint density at radius 2 is 1.58 bits per heavy atom. The van der Waals surface area contributed by atoms with Crippen molar-refractivity contribution in [2.45, 2.75) is 46.5 Å². The van der Waals surface area contributed by atoms with Crippen LogP contribution in [-0.2, 0) is 12.8 Å². The number of anilines is 1. The van der Waals surface area contributed by atoms with Crippen LogP contribution in [0.1, 0.15) is 65.5 Å². The lowest BCUT2D eigenvalue weighted by Gasteiger charge is -2.14. The number of carbonyl (C=O) groups is 2. The number of pyridine rings is 1. The molecule has 0 saturated heterocycles. The highest BCUT2D eigenvalue weighted by molar-refractivity contribution is 6.06. The zero-order chi connectivity index (χ0) is 18.9. The number of unbranched alkanes of at least 4 members (excludes halogenated alkanes) is 1. The lowest BCUT2D eigenvalue weighted by atomic mass is 10.0. The second-order valence-electron chi connectivity index (χ2n) is 6.18. The number of nitrogens with zero attached hydrogens (tertiary/aromatic N) is 1. The van der Waals surface area contributed by atoms with E-state index in [1.54, 1.807) is 6.07 Å². The third-order valence-electron chi connectivity index (χ3n) is 4.32. The van der Waals surface area contributed by atoms with Gasteiger partial charge < -0.3 is 10.6 Å². The average molecular weight is 353 g/mol. The standard InChI is InChI=1S/C21H27N3O2/c1-4-7-11-23-20(25)17-12-18(14-22-13-17)21(26)24-19-15(5-2)9-8-10-16(19)6-3/h8-10,12-14H,4-7,11H2,1-3H3,(H,23,25)(H,24,26). The van der Waals surface area contributed by atoms with Crippen LogP contribution in [0.5, 0.6) is 0 Å². The number of nitrogens with one attached hydrogen (secondary N) is 2. The zero-order valence-electron chi connectivity index (χ0n) is 15.8. The van der Waals surface area contributed by atoms with E-state index in [0.717, 1.165) is 42.5 Å². The monoisotopic (exact) mass is 353 g/mol. The van der Waals surface area contributed by atoms with Gasteiger partial charge in [-0.3, -0.25) is 14.6 Å². The highest BCUT2D eigenvalue weighted by atomic mass is 16.2. The molecule has 2 rings (SSSR count). The highest BCUT2D eigenvalue weighted by Gasteiger charge is 2.14. The molecule has 138 valence electrons. The van der Waals surface area contributed by atoms with Gasteiger partial charge in [0, 0.05) is 24.6 Å². The van der Waals surface area contributed by atoms with Crippen molar-refractivity contribution in [3.63, 3.8) is 0 Å². The minimum atomic E-state index is -0.253. The van der Waals surface area contributed by atoms with Crippen LogP contribution in [0.25, 0.3) is 0 Å². The molecule has 26 heavy (non-hydrogen) atoms.